The van der Waals surface area contributed by atoms with Crippen LogP contribution in [0.1, 0.15) is 39.7 Å². The van der Waals surface area contributed by atoms with Crippen molar-refractivity contribution >= 4 is 16.8 Å². The number of furan rings is 1. The number of nitrogens with one attached hydrogen (secondary N) is 1. The van der Waals surface area contributed by atoms with Gasteiger partial charge in [-0.2, -0.15) is 0 Å². The summed E-state index contributed by atoms with van der Waals surface area (Å²) in [6.45, 7) is 8.25. The fourth-order valence-electron chi connectivity index (χ4n) is 1.82. The van der Waals surface area contributed by atoms with Crippen molar-refractivity contribution in [3.05, 3.63) is 30.0 Å². The van der Waals surface area contributed by atoms with Gasteiger partial charge in [0.15, 0.2) is 11.5 Å². The molecule has 0 unspecified atom stereocenters. The van der Waals surface area contributed by atoms with E-state index in [4.69, 9.17) is 9.15 Å². The van der Waals surface area contributed by atoms with Crippen molar-refractivity contribution in [2.45, 2.75) is 33.8 Å². The first-order chi connectivity index (χ1) is 9.60. The number of benzene rings is 1. The normalized spacial score (nSPS) is 11.7. The van der Waals surface area contributed by atoms with E-state index >= 15 is 0 Å². The van der Waals surface area contributed by atoms with Crippen LogP contribution in [-0.2, 0) is 0 Å². The molecule has 0 aliphatic rings. The van der Waals surface area contributed by atoms with Crippen LogP contribution >= 0.6 is 0 Å². The lowest BCUT2D eigenvalue weighted by Gasteiger charge is -2.13. The minimum absolute atomic E-state index is 0. The van der Waals surface area contributed by atoms with Crippen LogP contribution in [0.3, 0.4) is 0 Å². The molecule has 0 radical (unpaired) electrons. The van der Waals surface area contributed by atoms with Crippen LogP contribution in [0.2, 0.25) is 0 Å². The first kappa shape index (κ1) is 16.2. The molecule has 0 saturated carbocycles. The second kappa shape index (κ2) is 7.70. The van der Waals surface area contributed by atoms with Crippen LogP contribution < -0.4 is 10.1 Å². The third-order valence-electron chi connectivity index (χ3n) is 2.67. The van der Waals surface area contributed by atoms with Gasteiger partial charge in [-0.3, -0.25) is 4.79 Å². The van der Waals surface area contributed by atoms with Gasteiger partial charge in [0.05, 0.1) is 0 Å². The first-order valence-corrected chi connectivity index (χ1v) is 6.96. The Bertz CT molecular complexity index is 566. The zero-order valence-corrected chi connectivity index (χ0v) is 12.8. The molecule has 1 atom stereocenters. The molecule has 2 aromatic rings. The van der Waals surface area contributed by atoms with Gasteiger partial charge >= 0.3 is 0 Å². The van der Waals surface area contributed by atoms with Gasteiger partial charge in [-0.15, -0.1) is 0 Å². The van der Waals surface area contributed by atoms with Crippen LogP contribution in [-0.4, -0.2) is 25.5 Å². The Balaban J connectivity index is 0.00000128. The molecule has 4 nitrogen and oxygen atoms in total. The van der Waals surface area contributed by atoms with E-state index in [9.17, 15) is 4.79 Å². The number of ketones is 1. The van der Waals surface area contributed by atoms with Crippen molar-refractivity contribution in [1.29, 1.82) is 0 Å². The summed E-state index contributed by atoms with van der Waals surface area (Å²) < 4.78 is 11.2. The highest BCUT2D eigenvalue weighted by molar-refractivity contribution is 5.96. The Morgan fingerprint density at radius 1 is 1.40 bits per heavy atom. The summed E-state index contributed by atoms with van der Waals surface area (Å²) in [5.41, 5.74) is 0.675. The van der Waals surface area contributed by atoms with Gasteiger partial charge in [0.1, 0.15) is 17.4 Å². The second-order valence-corrected chi connectivity index (χ2v) is 4.35. The lowest BCUT2D eigenvalue weighted by molar-refractivity contribution is 0.0989. The van der Waals surface area contributed by atoms with Crippen LogP contribution in [0.25, 0.3) is 11.0 Å². The minimum Gasteiger partial charge on any atom is -0.489 e. The summed E-state index contributed by atoms with van der Waals surface area (Å²) in [6.07, 6.45) is 0.0784. The number of likely N-dealkylation sites (N-methyl/N-ethyl adjacent to an activating group) is 1. The van der Waals surface area contributed by atoms with Crippen LogP contribution in [0.4, 0.5) is 0 Å². The number of carbonyl (C=O) groups is 1. The number of carbonyl (C=O) groups excluding carboxylic acids is 1. The summed E-state index contributed by atoms with van der Waals surface area (Å²) in [4.78, 5) is 11.2. The Labute approximate surface area is 121 Å². The number of fused-ring (bicyclic) bond motifs is 1. The van der Waals surface area contributed by atoms with Gasteiger partial charge in [0, 0.05) is 26.3 Å². The van der Waals surface area contributed by atoms with Gasteiger partial charge in [0.25, 0.3) is 0 Å². The van der Waals surface area contributed by atoms with E-state index in [2.05, 4.69) is 5.32 Å². The molecule has 2 rings (SSSR count). The maximum absolute atomic E-state index is 11.2. The summed E-state index contributed by atoms with van der Waals surface area (Å²) in [6, 6.07) is 7.34. The Hall–Kier alpha value is -1.81. The van der Waals surface area contributed by atoms with Crippen molar-refractivity contribution in [3.8, 4) is 5.75 Å². The van der Waals surface area contributed by atoms with Gasteiger partial charge in [-0.05, 0) is 32.2 Å². The summed E-state index contributed by atoms with van der Waals surface area (Å²) >= 11 is 0. The average molecular weight is 279 g/mol. The molecule has 1 N–H and O–H groups in total. The lowest BCUT2D eigenvalue weighted by Crippen LogP contribution is -2.25. The number of rotatable bonds is 5. The van der Waals surface area contributed by atoms with Gasteiger partial charge in [0.2, 0.25) is 0 Å². The third-order valence-corrected chi connectivity index (χ3v) is 2.67. The fourth-order valence-corrected chi connectivity index (χ4v) is 1.82. The Morgan fingerprint density at radius 2 is 2.10 bits per heavy atom. The SMILES string of the molecule is CC.CNC[C@@H](C)Oc1ccc2cc(C(C)=O)oc2c1.[HH]. The smallest absolute Gasteiger partial charge is 0.194 e. The van der Waals surface area contributed by atoms with E-state index < -0.39 is 0 Å². The monoisotopic (exact) mass is 279 g/mol. The third kappa shape index (κ3) is 4.10. The highest BCUT2D eigenvalue weighted by Gasteiger charge is 2.09. The zero-order valence-electron chi connectivity index (χ0n) is 12.8. The lowest BCUT2D eigenvalue weighted by atomic mass is 10.2. The molecule has 0 amide bonds. The van der Waals surface area contributed by atoms with Crippen LogP contribution in [0, 0.1) is 0 Å². The summed E-state index contributed by atoms with van der Waals surface area (Å²) in [7, 11) is 1.88. The topological polar surface area (TPSA) is 51.5 Å². The Kier molecular flexibility index (Phi) is 6.25. The average Bonchev–Trinajstić information content (AvgIpc) is 2.84. The molecule has 0 fully saturated rings. The van der Waals surface area contributed by atoms with E-state index in [-0.39, 0.29) is 13.3 Å². The predicted octanol–water partition coefficient (Wildman–Crippen LogP) is 3.89. The molecule has 0 aliphatic carbocycles. The number of ether oxygens (including phenoxy) is 1. The van der Waals surface area contributed by atoms with Crippen molar-refractivity contribution in [1.82, 2.24) is 5.32 Å². The molecule has 0 aliphatic heterocycles. The predicted molar refractivity (Wildman–Crippen MR) is 83.7 cm³/mol. The standard InChI is InChI=1S/C14H17NO3.C2H6.H2/c1-9(8-15-3)17-12-5-4-11-6-13(10(2)16)18-14(11)7-12;1-2;/h4-7,9,15H,8H2,1-3H3;1-2H3;1H/t9-;;/m1../s1. The fraction of sp³-hybridized carbons (Fsp3) is 0.438. The first-order valence-electron chi connectivity index (χ1n) is 6.96. The molecule has 0 saturated heterocycles. The highest BCUT2D eigenvalue weighted by Crippen LogP contribution is 2.25. The maximum atomic E-state index is 11.2. The van der Waals surface area contributed by atoms with Crippen molar-refractivity contribution in [2.24, 2.45) is 0 Å². The minimum atomic E-state index is -0.0720. The largest absolute Gasteiger partial charge is 0.489 e. The summed E-state index contributed by atoms with van der Waals surface area (Å²) in [5.74, 6) is 1.05. The molecule has 112 valence electrons. The molecule has 1 aromatic carbocycles. The van der Waals surface area contributed by atoms with Crippen molar-refractivity contribution in [2.75, 3.05) is 13.6 Å². The van der Waals surface area contributed by atoms with Crippen molar-refractivity contribution < 1.29 is 15.4 Å². The molecule has 1 aromatic heterocycles. The van der Waals surface area contributed by atoms with E-state index in [1.807, 2.05) is 46.0 Å². The van der Waals surface area contributed by atoms with E-state index in [1.165, 1.54) is 6.92 Å². The maximum Gasteiger partial charge on any atom is 0.194 e. The van der Waals surface area contributed by atoms with Crippen LogP contribution in [0.5, 0.6) is 5.75 Å². The highest BCUT2D eigenvalue weighted by atomic mass is 16.5. The van der Waals surface area contributed by atoms with Crippen LogP contribution in [0.15, 0.2) is 28.7 Å². The second-order valence-electron chi connectivity index (χ2n) is 4.35. The van der Waals surface area contributed by atoms with Gasteiger partial charge < -0.3 is 14.5 Å². The van der Waals surface area contributed by atoms with Gasteiger partial charge in [-0.25, -0.2) is 0 Å². The zero-order chi connectivity index (χ0) is 15.1. The quantitative estimate of drug-likeness (QED) is 0.843. The summed E-state index contributed by atoms with van der Waals surface area (Å²) in [5, 5.41) is 3.96. The number of hydrogen-bond acceptors (Lipinski definition) is 4. The molecule has 0 spiro atoms. The molecule has 1 heterocycles. The number of hydrogen-bond donors (Lipinski definition) is 1. The molecule has 20 heavy (non-hydrogen) atoms. The number of Topliss-reactive ketones (excluding diaryl/α,β-unsaturated/α-hetero) is 1. The molecule has 0 bridgehead atoms. The van der Waals surface area contributed by atoms with Crippen molar-refractivity contribution in [3.63, 3.8) is 0 Å². The van der Waals surface area contributed by atoms with Gasteiger partial charge in [-0.1, -0.05) is 13.8 Å². The molecule has 4 heteroatoms. The van der Waals surface area contributed by atoms with E-state index in [1.54, 1.807) is 6.07 Å². The molecular formula is C16H25NO3. The van der Waals surface area contributed by atoms with E-state index in [0.717, 1.165) is 17.7 Å². The van der Waals surface area contributed by atoms with E-state index in [0.29, 0.717) is 11.3 Å². The molecular weight excluding hydrogens is 254 g/mol. The Morgan fingerprint density at radius 3 is 2.70 bits per heavy atom.